The molecule has 1 aromatic rings. The lowest BCUT2D eigenvalue weighted by atomic mass is 10.1. The quantitative estimate of drug-likeness (QED) is 0.812. The summed E-state index contributed by atoms with van der Waals surface area (Å²) in [5, 5.41) is 0. The van der Waals surface area contributed by atoms with E-state index < -0.39 is 19.8 Å². The summed E-state index contributed by atoms with van der Waals surface area (Å²) in [6.07, 6.45) is 2.00. The highest BCUT2D eigenvalue weighted by Gasteiger charge is 2.25. The van der Waals surface area contributed by atoms with Gasteiger partial charge in [0.15, 0.2) is 0 Å². The van der Waals surface area contributed by atoms with E-state index in [2.05, 4.69) is 3.77 Å². The molecule has 22 heavy (non-hydrogen) atoms. The lowest BCUT2D eigenvalue weighted by molar-refractivity contribution is -0.130. The third-order valence-corrected chi connectivity index (χ3v) is 7.27. The van der Waals surface area contributed by atoms with Gasteiger partial charge in [0.25, 0.3) is 10.0 Å². The Labute approximate surface area is 131 Å². The van der Waals surface area contributed by atoms with Crippen LogP contribution in [-0.4, -0.2) is 54.3 Å². The Bertz CT molecular complexity index is 736. The SMILES string of the molecule is CS(=O)(=O)N=S1(=O)CCN(C(=O)CCc2ccccc2)CC1. The number of benzene rings is 1. The molecule has 2 rings (SSSR count). The fourth-order valence-corrected chi connectivity index (χ4v) is 6.13. The summed E-state index contributed by atoms with van der Waals surface area (Å²) in [7, 11) is -6.36. The largest absolute Gasteiger partial charge is 0.341 e. The van der Waals surface area contributed by atoms with Gasteiger partial charge >= 0.3 is 0 Å². The molecule has 1 saturated heterocycles. The van der Waals surface area contributed by atoms with Crippen LogP contribution in [0.25, 0.3) is 0 Å². The highest BCUT2D eigenvalue weighted by molar-refractivity contribution is 8.03. The Morgan fingerprint density at radius 1 is 1.23 bits per heavy atom. The van der Waals surface area contributed by atoms with Gasteiger partial charge in [-0.1, -0.05) is 30.3 Å². The van der Waals surface area contributed by atoms with Crippen molar-refractivity contribution in [1.29, 1.82) is 0 Å². The van der Waals surface area contributed by atoms with Crippen LogP contribution in [0.2, 0.25) is 0 Å². The smallest absolute Gasteiger partial charge is 0.257 e. The number of hydrogen-bond donors (Lipinski definition) is 0. The minimum absolute atomic E-state index is 0.00431. The first kappa shape index (κ1) is 17.0. The van der Waals surface area contributed by atoms with Crippen molar-refractivity contribution in [2.24, 2.45) is 3.77 Å². The predicted octanol–water partition coefficient (Wildman–Crippen LogP) is 0.889. The molecule has 0 aliphatic carbocycles. The third kappa shape index (κ3) is 5.10. The molecule has 1 aromatic carbocycles. The van der Waals surface area contributed by atoms with E-state index >= 15 is 0 Å². The molecule has 0 atom stereocenters. The van der Waals surface area contributed by atoms with Crippen molar-refractivity contribution < 1.29 is 17.4 Å². The van der Waals surface area contributed by atoms with E-state index in [1.807, 2.05) is 30.3 Å². The van der Waals surface area contributed by atoms with Crippen LogP contribution in [-0.2, 0) is 31.0 Å². The average Bonchev–Trinajstić information content (AvgIpc) is 2.44. The summed E-state index contributed by atoms with van der Waals surface area (Å²) < 4.78 is 38.0. The Balaban J connectivity index is 1.90. The molecule has 1 fully saturated rings. The fraction of sp³-hybridized carbons (Fsp3) is 0.500. The highest BCUT2D eigenvalue weighted by atomic mass is 32.3. The van der Waals surface area contributed by atoms with Crippen molar-refractivity contribution in [3.63, 3.8) is 0 Å². The van der Waals surface area contributed by atoms with Gasteiger partial charge in [-0.2, -0.15) is 0 Å². The van der Waals surface area contributed by atoms with E-state index in [-0.39, 0.29) is 17.4 Å². The molecule has 1 aliphatic rings. The number of nitrogens with zero attached hydrogens (tertiary/aromatic N) is 2. The van der Waals surface area contributed by atoms with Gasteiger partial charge in [0.05, 0.1) is 27.5 Å². The van der Waals surface area contributed by atoms with E-state index in [9.17, 15) is 17.4 Å². The van der Waals surface area contributed by atoms with Gasteiger partial charge in [0, 0.05) is 19.5 Å². The van der Waals surface area contributed by atoms with Gasteiger partial charge in [-0.3, -0.25) is 4.79 Å². The van der Waals surface area contributed by atoms with Gasteiger partial charge in [-0.05, 0) is 12.0 Å². The molecule has 1 heterocycles. The molecule has 0 bridgehead atoms. The van der Waals surface area contributed by atoms with Gasteiger partial charge in [-0.15, -0.1) is 3.77 Å². The van der Waals surface area contributed by atoms with E-state index in [4.69, 9.17) is 0 Å². The second kappa shape index (κ2) is 6.78. The van der Waals surface area contributed by atoms with Crippen molar-refractivity contribution >= 4 is 25.7 Å². The van der Waals surface area contributed by atoms with Crippen molar-refractivity contribution in [3.8, 4) is 0 Å². The molecule has 0 radical (unpaired) electrons. The summed E-state index contributed by atoms with van der Waals surface area (Å²) >= 11 is 0. The minimum atomic E-state index is -3.62. The van der Waals surface area contributed by atoms with E-state index in [0.29, 0.717) is 25.9 Å². The topological polar surface area (TPSA) is 83.9 Å². The maximum absolute atomic E-state index is 12.3. The maximum Gasteiger partial charge on any atom is 0.257 e. The summed E-state index contributed by atoms with van der Waals surface area (Å²) in [4.78, 5) is 13.8. The first-order valence-corrected chi connectivity index (χ1v) is 10.7. The number of aryl methyl sites for hydroxylation is 1. The Hall–Kier alpha value is -1.41. The number of carbonyl (C=O) groups is 1. The van der Waals surface area contributed by atoms with Crippen molar-refractivity contribution in [3.05, 3.63) is 35.9 Å². The van der Waals surface area contributed by atoms with Crippen LogP contribution in [0.5, 0.6) is 0 Å². The van der Waals surface area contributed by atoms with Crippen LogP contribution in [0.3, 0.4) is 0 Å². The molecular formula is C14H20N2O4S2. The first-order valence-electron chi connectivity index (χ1n) is 7.03. The van der Waals surface area contributed by atoms with Crippen LogP contribution in [0, 0.1) is 0 Å². The summed E-state index contributed by atoms with van der Waals surface area (Å²) in [6.45, 7) is 0.594. The standard InChI is InChI=1S/C14H20N2O4S2/c1-21(18,19)15-22(20)11-9-16(10-12-22)14(17)8-7-13-5-3-2-4-6-13/h2-6H,7-12H2,1H3. The number of hydrogen-bond acceptors (Lipinski definition) is 4. The monoisotopic (exact) mass is 344 g/mol. The number of amides is 1. The molecular weight excluding hydrogens is 324 g/mol. The fourth-order valence-electron chi connectivity index (χ4n) is 2.34. The zero-order valence-corrected chi connectivity index (χ0v) is 14.1. The highest BCUT2D eigenvalue weighted by Crippen LogP contribution is 2.12. The molecule has 1 aliphatic heterocycles. The number of carbonyl (C=O) groups excluding carboxylic acids is 1. The van der Waals surface area contributed by atoms with Crippen LogP contribution < -0.4 is 0 Å². The Kier molecular flexibility index (Phi) is 5.23. The second-order valence-corrected chi connectivity index (χ2v) is 9.78. The van der Waals surface area contributed by atoms with Crippen LogP contribution in [0.15, 0.2) is 34.1 Å². The number of rotatable bonds is 4. The van der Waals surface area contributed by atoms with Crippen molar-refractivity contribution in [1.82, 2.24) is 4.90 Å². The normalized spacial score (nSPS) is 18.0. The summed E-state index contributed by atoms with van der Waals surface area (Å²) in [5.74, 6) is 0.249. The van der Waals surface area contributed by atoms with Crippen LogP contribution >= 0.6 is 0 Å². The predicted molar refractivity (Wildman–Crippen MR) is 86.5 cm³/mol. The summed E-state index contributed by atoms with van der Waals surface area (Å²) in [5.41, 5.74) is 1.10. The Morgan fingerprint density at radius 2 is 1.82 bits per heavy atom. The van der Waals surface area contributed by atoms with Gasteiger partial charge in [0.1, 0.15) is 0 Å². The van der Waals surface area contributed by atoms with Crippen LogP contribution in [0.4, 0.5) is 0 Å². The zero-order valence-electron chi connectivity index (χ0n) is 12.5. The molecule has 0 saturated carbocycles. The van der Waals surface area contributed by atoms with Crippen LogP contribution in [0.1, 0.15) is 12.0 Å². The Morgan fingerprint density at radius 3 is 2.36 bits per heavy atom. The second-order valence-electron chi connectivity index (χ2n) is 5.35. The number of sulfonamides is 1. The maximum atomic E-state index is 12.3. The lowest BCUT2D eigenvalue weighted by Gasteiger charge is -2.28. The zero-order chi connectivity index (χ0) is 16.2. The van der Waals surface area contributed by atoms with Gasteiger partial charge < -0.3 is 4.90 Å². The lowest BCUT2D eigenvalue weighted by Crippen LogP contribution is -2.43. The molecule has 0 unspecified atom stereocenters. The summed E-state index contributed by atoms with van der Waals surface area (Å²) in [6, 6.07) is 9.74. The van der Waals surface area contributed by atoms with E-state index in [1.54, 1.807) is 4.90 Å². The molecule has 0 spiro atoms. The minimum Gasteiger partial charge on any atom is -0.341 e. The van der Waals surface area contributed by atoms with Gasteiger partial charge in [0.2, 0.25) is 5.91 Å². The van der Waals surface area contributed by atoms with E-state index in [1.165, 1.54) is 0 Å². The van der Waals surface area contributed by atoms with E-state index in [0.717, 1.165) is 11.8 Å². The van der Waals surface area contributed by atoms with Crippen molar-refractivity contribution in [2.45, 2.75) is 12.8 Å². The van der Waals surface area contributed by atoms with Crippen molar-refractivity contribution in [2.75, 3.05) is 30.9 Å². The average molecular weight is 344 g/mol. The molecule has 0 N–H and O–H groups in total. The molecule has 8 heteroatoms. The van der Waals surface area contributed by atoms with Gasteiger partial charge in [-0.25, -0.2) is 12.6 Å². The molecule has 122 valence electrons. The first-order chi connectivity index (χ1) is 10.3. The third-order valence-electron chi connectivity index (χ3n) is 3.45. The molecule has 0 aromatic heterocycles. The molecule has 6 nitrogen and oxygen atoms in total. The molecule has 1 amide bonds.